The predicted molar refractivity (Wildman–Crippen MR) is 40.4 cm³/mol. The second-order valence-corrected chi connectivity index (χ2v) is 4.37. The molecule has 0 bridgehead atoms. The number of carboxylic acids is 1. The maximum Gasteiger partial charge on any atom is 1.00 e. The van der Waals surface area contributed by atoms with Gasteiger partial charge in [0.25, 0.3) is 0 Å². The Kier molecular flexibility index (Phi) is 15.1. The number of aliphatic hydroxyl groups is 3. The van der Waals surface area contributed by atoms with Crippen molar-refractivity contribution >= 4 is 13.8 Å². The van der Waals surface area contributed by atoms with Crippen molar-refractivity contribution in [2.45, 2.75) is 30.7 Å². The Morgan fingerprint density at radius 2 is 1.50 bits per heavy atom. The molecule has 1 rings (SSSR count). The quantitative estimate of drug-likeness (QED) is 0.329. The molecule has 5 atom stereocenters. The Balaban J connectivity index is -0.000000963. The number of ether oxygens (including phenoxy) is 1. The molecule has 1 fully saturated rings. The fourth-order valence-corrected chi connectivity index (χ4v) is 1.69. The number of rotatable bonds is 3. The van der Waals surface area contributed by atoms with E-state index in [0.717, 1.165) is 0 Å². The number of aliphatic hydroxyl groups excluding tert-OH is 3. The summed E-state index contributed by atoms with van der Waals surface area (Å²) in [4.78, 5) is 31.0. The van der Waals surface area contributed by atoms with Gasteiger partial charge in [0.2, 0.25) is 0 Å². The summed E-state index contributed by atoms with van der Waals surface area (Å²) in [5.41, 5.74) is 0. The van der Waals surface area contributed by atoms with Crippen LogP contribution >= 0.6 is 7.82 Å². The van der Waals surface area contributed by atoms with Crippen molar-refractivity contribution in [3.63, 3.8) is 0 Å². The van der Waals surface area contributed by atoms with Gasteiger partial charge in [-0.2, -0.15) is 0 Å². The van der Waals surface area contributed by atoms with E-state index in [-0.39, 0.29) is 88.7 Å². The van der Waals surface area contributed by atoms with Crippen molar-refractivity contribution in [3.05, 3.63) is 0 Å². The maximum atomic E-state index is 10.5. The van der Waals surface area contributed by atoms with Gasteiger partial charge >= 0.3 is 88.7 Å². The summed E-state index contributed by atoms with van der Waals surface area (Å²) in [6.07, 6.45) is -10.6. The van der Waals surface area contributed by atoms with Crippen LogP contribution in [0.4, 0.5) is 0 Å². The summed E-state index contributed by atoms with van der Waals surface area (Å²) in [6.45, 7) is 0. The standard InChI is InChI=1S/C6H11O10P.3Na/c7-1-2(8)4(5(10)11)15-6(3(1)9)16-17(12,13)14;;;/h1-4,6-9H,(H,10,11)(H2,12,13,14);;;/q;3*+1/p-3/t1-,2-,3+,4-,6+;;;/m0.../s1. The smallest absolute Gasteiger partial charge is 0.790 e. The molecule has 1 aliphatic rings. The van der Waals surface area contributed by atoms with Crippen molar-refractivity contribution in [2.24, 2.45) is 0 Å². The van der Waals surface area contributed by atoms with E-state index in [1.54, 1.807) is 0 Å². The van der Waals surface area contributed by atoms with Crippen LogP contribution in [-0.2, 0) is 18.6 Å². The first kappa shape index (κ1) is 27.3. The number of hydrogen-bond acceptors (Lipinski definition) is 10. The molecule has 3 N–H and O–H groups in total. The van der Waals surface area contributed by atoms with Gasteiger partial charge < -0.3 is 48.8 Å². The zero-order valence-corrected chi connectivity index (χ0v) is 17.9. The van der Waals surface area contributed by atoms with Gasteiger partial charge in [-0.3, -0.25) is 0 Å². The van der Waals surface area contributed by atoms with Gasteiger partial charge in [-0.25, -0.2) is 0 Å². The topological polar surface area (TPSA) is 182 Å². The SMILES string of the molecule is O=C([O-])[C@H]1O[C@H](OP(=O)([O-])[O-])[C@H](O)[C@@H](O)[C@@H]1O.[Na+].[Na+].[Na+]. The van der Waals surface area contributed by atoms with Crippen LogP contribution in [0, 0.1) is 0 Å². The molecule has 100 valence electrons. The van der Waals surface area contributed by atoms with Gasteiger partial charge in [0, 0.05) is 0 Å². The molecule has 0 unspecified atom stereocenters. The minimum absolute atomic E-state index is 0. The second kappa shape index (κ2) is 11.1. The zero-order valence-electron chi connectivity index (χ0n) is 11.0. The number of phosphoric ester groups is 1. The van der Waals surface area contributed by atoms with Crippen molar-refractivity contribution in [1.82, 2.24) is 0 Å². The molecule has 1 heterocycles. The van der Waals surface area contributed by atoms with Crippen LogP contribution in [0.2, 0.25) is 0 Å². The molecule has 14 heteroatoms. The van der Waals surface area contributed by atoms with Gasteiger partial charge in [-0.15, -0.1) is 0 Å². The number of hydrogen-bond donors (Lipinski definition) is 3. The van der Waals surface area contributed by atoms with E-state index in [1.807, 2.05) is 0 Å². The monoisotopic (exact) mass is 340 g/mol. The van der Waals surface area contributed by atoms with Crippen LogP contribution in [0.1, 0.15) is 0 Å². The average molecular weight is 340 g/mol. The molecular weight excluding hydrogens is 332 g/mol. The summed E-state index contributed by atoms with van der Waals surface area (Å²) in [7, 11) is -5.57. The number of carbonyl (C=O) groups is 1. The first-order valence-corrected chi connectivity index (χ1v) is 5.70. The van der Waals surface area contributed by atoms with E-state index in [0.29, 0.717) is 0 Å². The molecule has 0 aromatic rings. The van der Waals surface area contributed by atoms with Gasteiger partial charge in [-0.1, -0.05) is 0 Å². The van der Waals surface area contributed by atoms with E-state index in [2.05, 4.69) is 9.26 Å². The predicted octanol–water partition coefficient (Wildman–Crippen LogP) is -14.6. The normalized spacial score (nSPS) is 33.1. The molecule has 0 aromatic heterocycles. The Hall–Kier alpha value is 2.42. The van der Waals surface area contributed by atoms with Crippen molar-refractivity contribution in [3.8, 4) is 0 Å². The summed E-state index contributed by atoms with van der Waals surface area (Å²) >= 11 is 0. The van der Waals surface area contributed by atoms with Crippen LogP contribution in [-0.4, -0.2) is 52.0 Å². The molecule has 10 nitrogen and oxygen atoms in total. The van der Waals surface area contributed by atoms with Gasteiger partial charge in [0.15, 0.2) is 6.29 Å². The van der Waals surface area contributed by atoms with Crippen molar-refractivity contribution < 1.29 is 138 Å². The fourth-order valence-electron chi connectivity index (χ4n) is 1.26. The van der Waals surface area contributed by atoms with Crippen LogP contribution in [0.5, 0.6) is 0 Å². The molecule has 0 aliphatic carbocycles. The van der Waals surface area contributed by atoms with Crippen LogP contribution in [0.15, 0.2) is 0 Å². The van der Waals surface area contributed by atoms with Gasteiger partial charge in [0.05, 0.1) is 13.8 Å². The van der Waals surface area contributed by atoms with Crippen LogP contribution in [0.3, 0.4) is 0 Å². The minimum atomic E-state index is -5.57. The van der Waals surface area contributed by atoms with Gasteiger partial charge in [-0.05, 0) is 0 Å². The Morgan fingerprint density at radius 3 is 1.85 bits per heavy atom. The maximum absolute atomic E-state index is 10.5. The summed E-state index contributed by atoms with van der Waals surface area (Å²) in [5, 5.41) is 38.0. The molecule has 1 saturated heterocycles. The first-order valence-electron chi connectivity index (χ1n) is 4.24. The molecule has 0 aromatic carbocycles. The molecule has 0 spiro atoms. The molecule has 20 heavy (non-hydrogen) atoms. The Morgan fingerprint density at radius 1 is 1.05 bits per heavy atom. The fraction of sp³-hybridized carbons (Fsp3) is 0.833. The van der Waals surface area contributed by atoms with Crippen LogP contribution < -0.4 is 104 Å². The third-order valence-electron chi connectivity index (χ3n) is 2.03. The van der Waals surface area contributed by atoms with E-state index in [9.17, 15) is 34.5 Å². The summed E-state index contributed by atoms with van der Waals surface area (Å²) in [6, 6.07) is 0. The Bertz CT molecular complexity index is 350. The van der Waals surface area contributed by atoms with E-state index in [4.69, 9.17) is 5.11 Å². The third kappa shape index (κ3) is 7.80. The number of phosphoric acid groups is 1. The summed E-state index contributed by atoms with van der Waals surface area (Å²) < 4.78 is 18.3. The largest absolute Gasteiger partial charge is 1.00 e. The summed E-state index contributed by atoms with van der Waals surface area (Å²) in [5.74, 6) is -1.97. The second-order valence-electron chi connectivity index (χ2n) is 3.27. The molecule has 1 aliphatic heterocycles. The molecular formula is C6H8Na3O10P. The number of carbonyl (C=O) groups excluding carboxylic acids is 1. The number of aliphatic carboxylic acids is 1. The molecule has 0 saturated carbocycles. The van der Waals surface area contributed by atoms with Crippen LogP contribution in [0.25, 0.3) is 0 Å². The van der Waals surface area contributed by atoms with Gasteiger partial charge in [0.1, 0.15) is 24.4 Å². The Labute approximate surface area is 180 Å². The molecule has 0 radical (unpaired) electrons. The minimum Gasteiger partial charge on any atom is -0.790 e. The van der Waals surface area contributed by atoms with E-state index >= 15 is 0 Å². The van der Waals surface area contributed by atoms with E-state index in [1.165, 1.54) is 0 Å². The van der Waals surface area contributed by atoms with Crippen molar-refractivity contribution in [2.75, 3.05) is 0 Å². The third-order valence-corrected chi connectivity index (χ3v) is 2.50. The van der Waals surface area contributed by atoms with Crippen molar-refractivity contribution in [1.29, 1.82) is 0 Å². The first-order chi connectivity index (χ1) is 7.63. The average Bonchev–Trinajstić information content (AvgIpc) is 2.16. The zero-order chi connectivity index (χ0) is 13.4. The molecule has 0 amide bonds. The number of carboxylic acid groups (broad SMARTS) is 1. The van der Waals surface area contributed by atoms with E-state index < -0.39 is 44.5 Å².